The molecular weight excluding hydrogens is 351 g/mol. The smallest absolute Gasteiger partial charge is 0.313 e. The van der Waals surface area contributed by atoms with Crippen LogP contribution in [0.3, 0.4) is 0 Å². The summed E-state index contributed by atoms with van der Waals surface area (Å²) in [6, 6.07) is 7.70. The molecule has 0 spiro atoms. The SMILES string of the molecule is COC1(F)NC(F)=C(F)c2nc(S(=O)(=O)Nc3ccccc3)nn21. The number of para-hydroxylation sites is 1. The standard InChI is InChI=1S/C12H10F3N5O3S/c1-23-12(15)17-9(14)8(13)10-16-11(18-20(10)12)24(21,22)19-7-5-3-2-4-6-7/h2-6,17,19H,1H3. The summed E-state index contributed by atoms with van der Waals surface area (Å²) in [5.41, 5.74) is 0.184. The number of fused-ring (bicyclic) bond motifs is 1. The third kappa shape index (κ3) is 2.59. The van der Waals surface area contributed by atoms with Crippen LogP contribution in [-0.2, 0) is 20.9 Å². The maximum Gasteiger partial charge on any atom is 0.399 e. The molecule has 1 atom stereocenters. The van der Waals surface area contributed by atoms with E-state index in [4.69, 9.17) is 0 Å². The Hall–Kier alpha value is -2.60. The van der Waals surface area contributed by atoms with Gasteiger partial charge in [0.25, 0.3) is 15.2 Å². The number of anilines is 1. The molecule has 1 aliphatic heterocycles. The molecule has 1 aromatic heterocycles. The van der Waals surface area contributed by atoms with Crippen molar-refractivity contribution < 1.29 is 26.3 Å². The quantitative estimate of drug-likeness (QED) is 0.800. The molecule has 0 saturated heterocycles. The zero-order valence-electron chi connectivity index (χ0n) is 12.0. The number of hydrogen-bond donors (Lipinski definition) is 2. The number of nitrogens with zero attached hydrogens (tertiary/aromatic N) is 3. The average molecular weight is 361 g/mol. The lowest BCUT2D eigenvalue weighted by Gasteiger charge is -2.28. The van der Waals surface area contributed by atoms with Crippen molar-refractivity contribution >= 4 is 21.5 Å². The zero-order chi connectivity index (χ0) is 17.5. The first-order valence-corrected chi connectivity index (χ1v) is 7.88. The molecular formula is C12H10F3N5O3S. The van der Waals surface area contributed by atoms with Gasteiger partial charge in [-0.25, -0.2) is 0 Å². The van der Waals surface area contributed by atoms with Crippen LogP contribution in [0.4, 0.5) is 18.9 Å². The van der Waals surface area contributed by atoms with Crippen LogP contribution >= 0.6 is 0 Å². The molecule has 24 heavy (non-hydrogen) atoms. The number of benzene rings is 1. The fraction of sp³-hybridized carbons (Fsp3) is 0.167. The van der Waals surface area contributed by atoms with Crippen molar-refractivity contribution in [1.29, 1.82) is 0 Å². The molecule has 8 nitrogen and oxygen atoms in total. The van der Waals surface area contributed by atoms with Crippen LogP contribution in [0.5, 0.6) is 0 Å². The minimum Gasteiger partial charge on any atom is -0.313 e. The van der Waals surface area contributed by atoms with Gasteiger partial charge in [0.1, 0.15) is 0 Å². The lowest BCUT2D eigenvalue weighted by Crippen LogP contribution is -2.48. The topological polar surface area (TPSA) is 98.1 Å². The fourth-order valence-electron chi connectivity index (χ4n) is 1.94. The molecule has 12 heteroatoms. The number of nitrogens with one attached hydrogen (secondary N) is 2. The van der Waals surface area contributed by atoms with E-state index < -0.39 is 38.9 Å². The van der Waals surface area contributed by atoms with Crippen LogP contribution in [0.1, 0.15) is 5.82 Å². The first kappa shape index (κ1) is 16.3. The van der Waals surface area contributed by atoms with Gasteiger partial charge in [0.05, 0.1) is 0 Å². The Labute approximate surface area is 134 Å². The minimum absolute atomic E-state index is 0.158. The molecule has 0 bridgehead atoms. The largest absolute Gasteiger partial charge is 0.399 e. The molecule has 1 unspecified atom stereocenters. The first-order chi connectivity index (χ1) is 11.3. The molecule has 1 aliphatic rings. The number of rotatable bonds is 4. The molecule has 0 fully saturated rings. The number of hydrogen-bond acceptors (Lipinski definition) is 6. The van der Waals surface area contributed by atoms with Crippen LogP contribution in [0.2, 0.25) is 0 Å². The molecule has 3 rings (SSSR count). The third-order valence-corrected chi connectivity index (χ3v) is 4.21. The van der Waals surface area contributed by atoms with Crippen LogP contribution in [0.25, 0.3) is 5.83 Å². The van der Waals surface area contributed by atoms with Gasteiger partial charge in [0, 0.05) is 12.8 Å². The maximum absolute atomic E-state index is 14.4. The summed E-state index contributed by atoms with van der Waals surface area (Å²) in [6.07, 6.45) is -3.12. The van der Waals surface area contributed by atoms with Gasteiger partial charge >= 0.3 is 6.10 Å². The van der Waals surface area contributed by atoms with E-state index in [9.17, 15) is 21.6 Å². The average Bonchev–Trinajstić information content (AvgIpc) is 3.01. The summed E-state index contributed by atoms with van der Waals surface area (Å²) >= 11 is 0. The zero-order valence-corrected chi connectivity index (χ0v) is 12.8. The Kier molecular flexibility index (Phi) is 3.72. The normalized spacial score (nSPS) is 20.5. The monoisotopic (exact) mass is 361 g/mol. The summed E-state index contributed by atoms with van der Waals surface area (Å²) in [6.45, 7) is 0. The molecule has 0 saturated carbocycles. The Morgan fingerprint density at radius 3 is 2.58 bits per heavy atom. The van der Waals surface area contributed by atoms with E-state index in [0.29, 0.717) is 0 Å². The van der Waals surface area contributed by atoms with E-state index in [-0.39, 0.29) is 10.4 Å². The van der Waals surface area contributed by atoms with Crippen molar-refractivity contribution in [2.24, 2.45) is 0 Å². The highest BCUT2D eigenvalue weighted by atomic mass is 32.2. The predicted molar refractivity (Wildman–Crippen MR) is 75.6 cm³/mol. The van der Waals surface area contributed by atoms with Gasteiger partial charge in [-0.1, -0.05) is 18.2 Å². The van der Waals surface area contributed by atoms with Crippen molar-refractivity contribution in [1.82, 2.24) is 20.1 Å². The number of halogens is 3. The Morgan fingerprint density at radius 1 is 1.29 bits per heavy atom. The minimum atomic E-state index is -4.36. The van der Waals surface area contributed by atoms with E-state index >= 15 is 0 Å². The predicted octanol–water partition coefficient (Wildman–Crippen LogP) is 1.43. The number of ether oxygens (including phenoxy) is 1. The van der Waals surface area contributed by atoms with Crippen LogP contribution in [0.15, 0.2) is 41.4 Å². The highest BCUT2D eigenvalue weighted by Gasteiger charge is 2.45. The summed E-state index contributed by atoms with van der Waals surface area (Å²) in [5.74, 6) is -4.27. The molecule has 2 aromatic rings. The Bertz CT molecular complexity index is 915. The second-order valence-electron chi connectivity index (χ2n) is 4.62. The van der Waals surface area contributed by atoms with E-state index in [2.05, 4.69) is 19.5 Å². The van der Waals surface area contributed by atoms with Crippen LogP contribution < -0.4 is 10.0 Å². The van der Waals surface area contributed by atoms with Gasteiger partial charge in [-0.05, 0) is 12.1 Å². The summed E-state index contributed by atoms with van der Waals surface area (Å²) < 4.78 is 72.8. The number of sulfonamides is 1. The van der Waals surface area contributed by atoms with Gasteiger partial charge in [-0.2, -0.15) is 31.3 Å². The lowest BCUT2D eigenvalue weighted by molar-refractivity contribution is -0.221. The van der Waals surface area contributed by atoms with Crippen molar-refractivity contribution in [2.45, 2.75) is 11.3 Å². The van der Waals surface area contributed by atoms with Crippen molar-refractivity contribution in [3.05, 3.63) is 42.1 Å². The van der Waals surface area contributed by atoms with E-state index in [1.165, 1.54) is 17.4 Å². The Morgan fingerprint density at radius 2 is 1.96 bits per heavy atom. The second kappa shape index (κ2) is 5.49. The van der Waals surface area contributed by atoms with Crippen LogP contribution in [0, 0.1) is 0 Å². The first-order valence-electron chi connectivity index (χ1n) is 6.40. The van der Waals surface area contributed by atoms with Crippen LogP contribution in [-0.4, -0.2) is 30.3 Å². The third-order valence-electron chi connectivity index (χ3n) is 3.05. The molecule has 2 heterocycles. The second-order valence-corrected chi connectivity index (χ2v) is 6.20. The molecule has 128 valence electrons. The number of alkyl halides is 1. The van der Waals surface area contributed by atoms with Gasteiger partial charge in [-0.15, -0.1) is 5.10 Å². The molecule has 0 radical (unpaired) electrons. The van der Waals surface area contributed by atoms with E-state index in [1.807, 2.05) is 0 Å². The summed E-state index contributed by atoms with van der Waals surface area (Å²) in [7, 11) is -3.51. The number of methoxy groups -OCH3 is 1. The highest BCUT2D eigenvalue weighted by molar-refractivity contribution is 7.92. The molecule has 0 amide bonds. The Balaban J connectivity index is 2.06. The van der Waals surface area contributed by atoms with Crippen molar-refractivity contribution in [3.8, 4) is 0 Å². The summed E-state index contributed by atoms with van der Waals surface area (Å²) in [5, 5.41) is 3.88. The van der Waals surface area contributed by atoms with Gasteiger partial charge in [0.2, 0.25) is 11.8 Å². The van der Waals surface area contributed by atoms with Crippen molar-refractivity contribution in [3.63, 3.8) is 0 Å². The summed E-state index contributed by atoms with van der Waals surface area (Å²) in [4.78, 5) is 3.36. The van der Waals surface area contributed by atoms with Gasteiger partial charge in [0.15, 0.2) is 5.82 Å². The van der Waals surface area contributed by atoms with E-state index in [0.717, 1.165) is 7.11 Å². The van der Waals surface area contributed by atoms with Crippen molar-refractivity contribution in [2.75, 3.05) is 11.8 Å². The lowest BCUT2D eigenvalue weighted by atomic mass is 10.3. The van der Waals surface area contributed by atoms with Gasteiger partial charge < -0.3 is 4.74 Å². The molecule has 1 aromatic carbocycles. The molecule has 0 aliphatic carbocycles. The van der Waals surface area contributed by atoms with Gasteiger partial charge in [-0.3, -0.25) is 10.0 Å². The molecule has 2 N–H and O–H groups in total. The highest BCUT2D eigenvalue weighted by Crippen LogP contribution is 2.32. The maximum atomic E-state index is 14.4. The fourth-order valence-corrected chi connectivity index (χ4v) is 2.87. The van der Waals surface area contributed by atoms with E-state index in [1.54, 1.807) is 18.2 Å². The number of aromatic nitrogens is 3.